The number of anilines is 1. The topological polar surface area (TPSA) is 57.2 Å². The zero-order chi connectivity index (χ0) is 16.9. The molecule has 5 heteroatoms. The molecule has 0 N–H and O–H groups in total. The SMILES string of the molecule is N#CC(=Cc1cc(Br)c(N2CCCCC2)o1)C(=O)c1ccccc1. The lowest BCUT2D eigenvalue weighted by Gasteiger charge is -2.26. The number of allylic oxidation sites excluding steroid dienone is 1. The molecule has 0 atom stereocenters. The van der Waals surface area contributed by atoms with Gasteiger partial charge in [0.25, 0.3) is 0 Å². The number of halogens is 1. The van der Waals surface area contributed by atoms with Crippen molar-refractivity contribution in [3.8, 4) is 6.07 Å². The summed E-state index contributed by atoms with van der Waals surface area (Å²) in [7, 11) is 0. The van der Waals surface area contributed by atoms with Gasteiger partial charge in [-0.1, -0.05) is 30.3 Å². The van der Waals surface area contributed by atoms with Crippen LogP contribution in [0, 0.1) is 11.3 Å². The van der Waals surface area contributed by atoms with Crippen molar-refractivity contribution in [3.05, 3.63) is 57.8 Å². The summed E-state index contributed by atoms with van der Waals surface area (Å²) in [4.78, 5) is 14.6. The lowest BCUT2D eigenvalue weighted by atomic mass is 10.0. The maximum absolute atomic E-state index is 12.4. The minimum absolute atomic E-state index is 0.0626. The summed E-state index contributed by atoms with van der Waals surface area (Å²) in [5, 5.41) is 9.34. The minimum atomic E-state index is -0.301. The van der Waals surface area contributed by atoms with E-state index in [9.17, 15) is 10.1 Å². The van der Waals surface area contributed by atoms with Gasteiger partial charge in [-0.2, -0.15) is 5.26 Å². The highest BCUT2D eigenvalue weighted by molar-refractivity contribution is 9.10. The number of piperidine rings is 1. The molecule has 0 amide bonds. The van der Waals surface area contributed by atoms with Crippen LogP contribution in [0.5, 0.6) is 0 Å². The number of ketones is 1. The molecule has 1 saturated heterocycles. The van der Waals surface area contributed by atoms with E-state index in [1.165, 1.54) is 12.5 Å². The Morgan fingerprint density at radius 2 is 1.92 bits per heavy atom. The summed E-state index contributed by atoms with van der Waals surface area (Å²) in [6.45, 7) is 1.92. The van der Waals surface area contributed by atoms with E-state index in [0.717, 1.165) is 36.3 Å². The molecule has 24 heavy (non-hydrogen) atoms. The van der Waals surface area contributed by atoms with Crippen molar-refractivity contribution in [2.45, 2.75) is 19.3 Å². The number of hydrogen-bond donors (Lipinski definition) is 0. The van der Waals surface area contributed by atoms with Crippen molar-refractivity contribution in [1.82, 2.24) is 0 Å². The maximum Gasteiger partial charge on any atom is 0.210 e. The number of rotatable bonds is 4. The summed E-state index contributed by atoms with van der Waals surface area (Å²) in [6, 6.07) is 12.6. The second-order valence-corrected chi connectivity index (χ2v) is 6.57. The average Bonchev–Trinajstić information content (AvgIpc) is 3.01. The number of nitrogens with zero attached hydrogens (tertiary/aromatic N) is 2. The molecule has 0 unspecified atom stereocenters. The largest absolute Gasteiger partial charge is 0.440 e. The molecular weight excluding hydrogens is 368 g/mol. The Kier molecular flexibility index (Phi) is 5.17. The van der Waals surface area contributed by atoms with Crippen molar-refractivity contribution >= 4 is 33.7 Å². The normalized spacial score (nSPS) is 15.2. The summed E-state index contributed by atoms with van der Waals surface area (Å²) in [6.07, 6.45) is 5.04. The van der Waals surface area contributed by atoms with E-state index < -0.39 is 0 Å². The van der Waals surface area contributed by atoms with Crippen LogP contribution < -0.4 is 4.90 Å². The molecule has 2 aromatic rings. The molecule has 1 aliphatic heterocycles. The molecular formula is C19H17BrN2O2. The molecule has 2 heterocycles. The highest BCUT2D eigenvalue weighted by Crippen LogP contribution is 2.33. The second kappa shape index (κ2) is 7.50. The first-order valence-corrected chi connectivity index (χ1v) is 8.74. The summed E-state index contributed by atoms with van der Waals surface area (Å²) in [5.41, 5.74) is 0.555. The highest BCUT2D eigenvalue weighted by Gasteiger charge is 2.19. The van der Waals surface area contributed by atoms with Gasteiger partial charge in [-0.3, -0.25) is 4.79 Å². The predicted octanol–water partition coefficient (Wildman–Crippen LogP) is 4.82. The molecule has 4 nitrogen and oxygen atoms in total. The standard InChI is InChI=1S/C19H17BrN2O2/c20-17-12-16(24-19(17)22-9-5-2-6-10-22)11-15(13-21)18(23)14-7-3-1-4-8-14/h1,3-4,7-8,11-12H,2,5-6,9-10H2. The Labute approximate surface area is 149 Å². The number of furan rings is 1. The number of nitriles is 1. The minimum Gasteiger partial charge on any atom is -0.440 e. The fraction of sp³-hybridized carbons (Fsp3) is 0.263. The van der Waals surface area contributed by atoms with Crippen molar-refractivity contribution < 1.29 is 9.21 Å². The number of carbonyl (C=O) groups excluding carboxylic acids is 1. The average molecular weight is 385 g/mol. The maximum atomic E-state index is 12.4. The number of carbonyl (C=O) groups is 1. The van der Waals surface area contributed by atoms with Crippen molar-refractivity contribution in [1.29, 1.82) is 5.26 Å². The van der Waals surface area contributed by atoms with Crippen LogP contribution in [0.2, 0.25) is 0 Å². The Bertz CT molecular complexity index is 797. The molecule has 122 valence electrons. The van der Waals surface area contributed by atoms with Gasteiger partial charge in [-0.15, -0.1) is 0 Å². The van der Waals surface area contributed by atoms with E-state index in [2.05, 4.69) is 20.8 Å². The lowest BCUT2D eigenvalue weighted by molar-refractivity contribution is 0.104. The molecule has 1 aromatic carbocycles. The Morgan fingerprint density at radius 1 is 1.21 bits per heavy atom. The Morgan fingerprint density at radius 3 is 2.58 bits per heavy atom. The fourth-order valence-electron chi connectivity index (χ4n) is 2.80. The monoisotopic (exact) mass is 384 g/mol. The molecule has 1 aromatic heterocycles. The van der Waals surface area contributed by atoms with Crippen molar-refractivity contribution in [3.63, 3.8) is 0 Å². The van der Waals surface area contributed by atoms with Gasteiger partial charge in [0.05, 0.1) is 4.47 Å². The molecule has 0 saturated carbocycles. The van der Waals surface area contributed by atoms with Crippen LogP contribution in [0.1, 0.15) is 35.4 Å². The van der Waals surface area contributed by atoms with Crippen LogP contribution in [0.4, 0.5) is 5.88 Å². The van der Waals surface area contributed by atoms with Crippen LogP contribution >= 0.6 is 15.9 Å². The summed E-state index contributed by atoms with van der Waals surface area (Å²) < 4.78 is 6.72. The number of Topliss-reactive ketones (excluding diaryl/α,β-unsaturated/α-hetero) is 1. The summed E-state index contributed by atoms with van der Waals surface area (Å²) >= 11 is 3.51. The Balaban J connectivity index is 1.86. The third-order valence-corrected chi connectivity index (χ3v) is 4.59. The molecule has 1 fully saturated rings. The number of benzene rings is 1. The second-order valence-electron chi connectivity index (χ2n) is 5.71. The lowest BCUT2D eigenvalue weighted by Crippen LogP contribution is -2.29. The zero-order valence-electron chi connectivity index (χ0n) is 13.2. The van der Waals surface area contributed by atoms with E-state index in [4.69, 9.17) is 4.42 Å². The Hall–Kier alpha value is -2.32. The van der Waals surface area contributed by atoms with E-state index in [1.54, 1.807) is 30.3 Å². The predicted molar refractivity (Wildman–Crippen MR) is 96.8 cm³/mol. The third-order valence-electron chi connectivity index (χ3n) is 4.02. The molecule has 0 spiro atoms. The molecule has 0 aliphatic carbocycles. The van der Waals surface area contributed by atoms with Gasteiger partial charge in [0, 0.05) is 30.8 Å². The van der Waals surface area contributed by atoms with Gasteiger partial charge in [0.2, 0.25) is 11.7 Å². The highest BCUT2D eigenvalue weighted by atomic mass is 79.9. The van der Waals surface area contributed by atoms with E-state index >= 15 is 0 Å². The molecule has 0 bridgehead atoms. The van der Waals surface area contributed by atoms with Gasteiger partial charge in [-0.05, 0) is 35.2 Å². The van der Waals surface area contributed by atoms with Crippen LogP contribution in [-0.4, -0.2) is 18.9 Å². The van der Waals surface area contributed by atoms with Gasteiger partial charge in [0.15, 0.2) is 0 Å². The van der Waals surface area contributed by atoms with E-state index in [-0.39, 0.29) is 11.4 Å². The van der Waals surface area contributed by atoms with Crippen molar-refractivity contribution in [2.24, 2.45) is 0 Å². The van der Waals surface area contributed by atoms with Crippen molar-refractivity contribution in [2.75, 3.05) is 18.0 Å². The summed E-state index contributed by atoms with van der Waals surface area (Å²) in [5.74, 6) is 0.971. The zero-order valence-corrected chi connectivity index (χ0v) is 14.8. The van der Waals surface area contributed by atoms with E-state index in [1.807, 2.05) is 12.1 Å². The first kappa shape index (κ1) is 16.5. The quantitative estimate of drug-likeness (QED) is 0.430. The molecule has 3 rings (SSSR count). The van der Waals surface area contributed by atoms with Crippen LogP contribution in [-0.2, 0) is 0 Å². The van der Waals surface area contributed by atoms with Gasteiger partial charge < -0.3 is 9.32 Å². The van der Waals surface area contributed by atoms with Crippen LogP contribution in [0.25, 0.3) is 6.08 Å². The smallest absolute Gasteiger partial charge is 0.210 e. The van der Waals surface area contributed by atoms with Gasteiger partial charge in [-0.25, -0.2) is 0 Å². The molecule has 0 radical (unpaired) electrons. The van der Waals surface area contributed by atoms with Gasteiger partial charge >= 0.3 is 0 Å². The fourth-order valence-corrected chi connectivity index (χ4v) is 3.35. The van der Waals surface area contributed by atoms with Gasteiger partial charge in [0.1, 0.15) is 17.4 Å². The number of hydrogen-bond acceptors (Lipinski definition) is 4. The van der Waals surface area contributed by atoms with Crippen LogP contribution in [0.15, 0.2) is 50.9 Å². The molecule has 1 aliphatic rings. The van der Waals surface area contributed by atoms with Crippen LogP contribution in [0.3, 0.4) is 0 Å². The third kappa shape index (κ3) is 3.60. The van der Waals surface area contributed by atoms with E-state index in [0.29, 0.717) is 11.3 Å². The first-order chi connectivity index (χ1) is 11.7. The first-order valence-electron chi connectivity index (χ1n) is 7.95.